The van der Waals surface area contributed by atoms with Gasteiger partial charge in [0.15, 0.2) is 0 Å². The molecule has 1 atom stereocenters. The Hall–Kier alpha value is -0.610. The number of hydrogen-bond acceptors (Lipinski definition) is 3. The monoisotopic (exact) mass is 228 g/mol. The molecule has 1 saturated carbocycles. The number of amides is 1. The standard InChI is InChI=1S/C12H24N2O2/c1-9(2)10(13)7-11(16)14-12(8-15)5-3-4-6-12/h9-10,15H,3-8,13H2,1-2H3,(H,14,16). The van der Waals surface area contributed by atoms with Crippen LogP contribution >= 0.6 is 0 Å². The summed E-state index contributed by atoms with van der Waals surface area (Å²) < 4.78 is 0. The number of nitrogens with two attached hydrogens (primary N) is 1. The first-order chi connectivity index (χ1) is 7.49. The van der Waals surface area contributed by atoms with Gasteiger partial charge in [-0.1, -0.05) is 26.7 Å². The maximum absolute atomic E-state index is 11.8. The van der Waals surface area contributed by atoms with E-state index in [0.29, 0.717) is 12.3 Å². The minimum Gasteiger partial charge on any atom is -0.394 e. The van der Waals surface area contributed by atoms with Crippen molar-refractivity contribution < 1.29 is 9.90 Å². The second kappa shape index (κ2) is 5.64. The molecule has 94 valence electrons. The van der Waals surface area contributed by atoms with Crippen LogP contribution in [-0.2, 0) is 4.79 Å². The predicted octanol–water partition coefficient (Wildman–Crippen LogP) is 0.781. The summed E-state index contributed by atoms with van der Waals surface area (Å²) in [5, 5.41) is 12.3. The van der Waals surface area contributed by atoms with Gasteiger partial charge < -0.3 is 16.2 Å². The number of hydrogen-bond donors (Lipinski definition) is 3. The molecule has 1 aliphatic carbocycles. The van der Waals surface area contributed by atoms with Gasteiger partial charge in [-0.15, -0.1) is 0 Å². The lowest BCUT2D eigenvalue weighted by Gasteiger charge is -2.29. The zero-order valence-corrected chi connectivity index (χ0v) is 10.3. The summed E-state index contributed by atoms with van der Waals surface area (Å²) in [4.78, 5) is 11.8. The van der Waals surface area contributed by atoms with Crippen LogP contribution in [0, 0.1) is 5.92 Å². The van der Waals surface area contributed by atoms with E-state index in [9.17, 15) is 9.90 Å². The van der Waals surface area contributed by atoms with Gasteiger partial charge in [-0.3, -0.25) is 4.79 Å². The van der Waals surface area contributed by atoms with E-state index in [0.717, 1.165) is 25.7 Å². The van der Waals surface area contributed by atoms with Crippen LogP contribution in [0.25, 0.3) is 0 Å². The average molecular weight is 228 g/mol. The fourth-order valence-electron chi connectivity index (χ4n) is 2.17. The van der Waals surface area contributed by atoms with Gasteiger partial charge in [-0.2, -0.15) is 0 Å². The van der Waals surface area contributed by atoms with Crippen LogP contribution in [0.2, 0.25) is 0 Å². The van der Waals surface area contributed by atoms with Gasteiger partial charge in [0.2, 0.25) is 5.91 Å². The van der Waals surface area contributed by atoms with Crippen LogP contribution in [0.5, 0.6) is 0 Å². The van der Waals surface area contributed by atoms with Gasteiger partial charge in [0.05, 0.1) is 12.1 Å². The molecular weight excluding hydrogens is 204 g/mol. The van der Waals surface area contributed by atoms with E-state index in [1.165, 1.54) is 0 Å². The molecule has 16 heavy (non-hydrogen) atoms. The van der Waals surface area contributed by atoms with Crippen LogP contribution in [0.4, 0.5) is 0 Å². The normalized spacial score (nSPS) is 21.1. The number of carbonyl (C=O) groups excluding carboxylic acids is 1. The van der Waals surface area contributed by atoms with Gasteiger partial charge >= 0.3 is 0 Å². The van der Waals surface area contributed by atoms with Gasteiger partial charge in [0.25, 0.3) is 0 Å². The third-order valence-corrected chi connectivity index (χ3v) is 3.55. The van der Waals surface area contributed by atoms with E-state index in [1.807, 2.05) is 13.8 Å². The molecule has 0 aromatic rings. The molecule has 0 aromatic heterocycles. The number of aliphatic hydroxyl groups is 1. The molecule has 1 amide bonds. The molecule has 0 aliphatic heterocycles. The second-order valence-electron chi connectivity index (χ2n) is 5.31. The van der Waals surface area contributed by atoms with Gasteiger partial charge in [-0.25, -0.2) is 0 Å². The lowest BCUT2D eigenvalue weighted by molar-refractivity contribution is -0.124. The Labute approximate surface area is 97.6 Å². The van der Waals surface area contributed by atoms with E-state index in [2.05, 4.69) is 5.32 Å². The molecule has 0 radical (unpaired) electrons. The highest BCUT2D eigenvalue weighted by molar-refractivity contribution is 5.77. The van der Waals surface area contributed by atoms with E-state index in [4.69, 9.17) is 5.73 Å². The van der Waals surface area contributed by atoms with E-state index >= 15 is 0 Å². The first kappa shape index (κ1) is 13.5. The summed E-state index contributed by atoms with van der Waals surface area (Å²) in [5.41, 5.74) is 5.49. The molecule has 4 N–H and O–H groups in total. The zero-order valence-electron chi connectivity index (χ0n) is 10.3. The topological polar surface area (TPSA) is 75.4 Å². The summed E-state index contributed by atoms with van der Waals surface area (Å²) in [6.45, 7) is 4.06. The van der Waals surface area contributed by atoms with Crippen molar-refractivity contribution in [3.63, 3.8) is 0 Å². The van der Waals surface area contributed by atoms with E-state index in [-0.39, 0.29) is 24.1 Å². The Balaban J connectivity index is 2.43. The Morgan fingerprint density at radius 1 is 1.44 bits per heavy atom. The maximum atomic E-state index is 11.8. The van der Waals surface area contributed by atoms with Crippen molar-refractivity contribution in [2.75, 3.05) is 6.61 Å². The molecule has 0 bridgehead atoms. The van der Waals surface area contributed by atoms with Crippen LogP contribution in [0.1, 0.15) is 46.0 Å². The summed E-state index contributed by atoms with van der Waals surface area (Å²) in [7, 11) is 0. The van der Waals surface area contributed by atoms with Gasteiger partial charge in [0, 0.05) is 12.5 Å². The van der Waals surface area contributed by atoms with Crippen LogP contribution < -0.4 is 11.1 Å². The smallest absolute Gasteiger partial charge is 0.222 e. The number of nitrogens with one attached hydrogen (secondary N) is 1. The third-order valence-electron chi connectivity index (χ3n) is 3.55. The second-order valence-corrected chi connectivity index (χ2v) is 5.31. The van der Waals surface area contributed by atoms with Crippen LogP contribution in [-0.4, -0.2) is 29.2 Å². The molecule has 1 aliphatic rings. The fraction of sp³-hybridized carbons (Fsp3) is 0.917. The van der Waals surface area contributed by atoms with E-state index in [1.54, 1.807) is 0 Å². The Morgan fingerprint density at radius 2 is 2.00 bits per heavy atom. The molecule has 4 heteroatoms. The Kier molecular flexibility index (Phi) is 4.74. The van der Waals surface area contributed by atoms with Crippen LogP contribution in [0.15, 0.2) is 0 Å². The van der Waals surface area contributed by atoms with Crippen molar-refractivity contribution in [2.24, 2.45) is 11.7 Å². The number of carbonyl (C=O) groups is 1. The van der Waals surface area contributed by atoms with E-state index < -0.39 is 0 Å². The lowest BCUT2D eigenvalue weighted by atomic mass is 9.97. The SMILES string of the molecule is CC(C)C(N)CC(=O)NC1(CO)CCCC1. The quantitative estimate of drug-likeness (QED) is 0.651. The van der Waals surface area contributed by atoms with Crippen LogP contribution in [0.3, 0.4) is 0 Å². The highest BCUT2D eigenvalue weighted by Gasteiger charge is 2.34. The van der Waals surface area contributed by atoms with Gasteiger partial charge in [-0.05, 0) is 18.8 Å². The molecular formula is C12H24N2O2. The summed E-state index contributed by atoms with van der Waals surface area (Å²) in [6.07, 6.45) is 4.27. The molecule has 1 rings (SSSR count). The third kappa shape index (κ3) is 3.46. The average Bonchev–Trinajstić information content (AvgIpc) is 2.66. The summed E-state index contributed by atoms with van der Waals surface area (Å²) in [6, 6.07) is -0.0999. The van der Waals surface area contributed by atoms with Gasteiger partial charge in [0.1, 0.15) is 0 Å². The lowest BCUT2D eigenvalue weighted by Crippen LogP contribution is -2.50. The first-order valence-electron chi connectivity index (χ1n) is 6.16. The fourth-order valence-corrected chi connectivity index (χ4v) is 2.17. The molecule has 0 aromatic carbocycles. The number of rotatable bonds is 5. The minimum absolute atomic E-state index is 0.0304. The summed E-state index contributed by atoms with van der Waals surface area (Å²) >= 11 is 0. The van der Waals surface area contributed by atoms with Crippen molar-refractivity contribution in [1.29, 1.82) is 0 Å². The highest BCUT2D eigenvalue weighted by atomic mass is 16.3. The Morgan fingerprint density at radius 3 is 2.44 bits per heavy atom. The molecule has 0 heterocycles. The van der Waals surface area contributed by atoms with Crippen molar-refractivity contribution in [2.45, 2.75) is 57.5 Å². The van der Waals surface area contributed by atoms with Crippen molar-refractivity contribution in [1.82, 2.24) is 5.32 Å². The molecule has 4 nitrogen and oxygen atoms in total. The first-order valence-corrected chi connectivity index (χ1v) is 6.16. The maximum Gasteiger partial charge on any atom is 0.222 e. The van der Waals surface area contributed by atoms with Crippen molar-refractivity contribution in [3.05, 3.63) is 0 Å². The summed E-state index contributed by atoms with van der Waals surface area (Å²) in [5.74, 6) is 0.275. The largest absolute Gasteiger partial charge is 0.394 e. The van der Waals surface area contributed by atoms with Crippen molar-refractivity contribution in [3.8, 4) is 0 Å². The molecule has 1 unspecified atom stereocenters. The molecule has 1 fully saturated rings. The molecule has 0 saturated heterocycles. The number of aliphatic hydroxyl groups excluding tert-OH is 1. The predicted molar refractivity (Wildman–Crippen MR) is 63.9 cm³/mol. The van der Waals surface area contributed by atoms with Crippen molar-refractivity contribution >= 4 is 5.91 Å². The molecule has 0 spiro atoms. The minimum atomic E-state index is -0.367. The highest BCUT2D eigenvalue weighted by Crippen LogP contribution is 2.29. The zero-order chi connectivity index (χ0) is 12.2. The Bertz CT molecular complexity index is 235.